The second kappa shape index (κ2) is 8.34. The molecule has 0 aromatic heterocycles. The molecule has 1 aliphatic heterocycles. The Morgan fingerprint density at radius 3 is 2.50 bits per heavy atom. The molecule has 10 heteroatoms. The number of nitrogens with zero attached hydrogens (tertiary/aromatic N) is 1. The van der Waals surface area contributed by atoms with Gasteiger partial charge in [0.05, 0.1) is 27.7 Å². The molecule has 1 saturated heterocycles. The number of nitrogens with one attached hydrogen (secondary N) is 1. The maximum absolute atomic E-state index is 12.2. The van der Waals surface area contributed by atoms with Gasteiger partial charge >= 0.3 is 5.97 Å². The molecule has 144 valence electrons. The number of ether oxygens (including phenoxy) is 2. The summed E-state index contributed by atoms with van der Waals surface area (Å²) in [4.78, 5) is 25.9. The third-order valence-electron chi connectivity index (χ3n) is 3.84. The predicted molar refractivity (Wildman–Crippen MR) is 94.6 cm³/mol. The lowest BCUT2D eigenvalue weighted by Crippen LogP contribution is -2.49. The van der Waals surface area contributed by atoms with Crippen molar-refractivity contribution < 1.29 is 27.5 Å². The van der Waals surface area contributed by atoms with E-state index in [0.717, 1.165) is 6.07 Å². The molecule has 0 aliphatic carbocycles. The summed E-state index contributed by atoms with van der Waals surface area (Å²) in [5.41, 5.74) is -0.125. The van der Waals surface area contributed by atoms with Crippen LogP contribution < -0.4 is 4.72 Å². The van der Waals surface area contributed by atoms with Gasteiger partial charge in [0, 0.05) is 13.1 Å². The number of amides is 1. The van der Waals surface area contributed by atoms with Crippen molar-refractivity contribution in [1.29, 1.82) is 0 Å². The average molecular weight is 405 g/mol. The van der Waals surface area contributed by atoms with Crippen LogP contribution in [0.5, 0.6) is 0 Å². The molecule has 1 aromatic carbocycles. The minimum atomic E-state index is -3.74. The Balaban J connectivity index is 2.06. The first-order valence-electron chi connectivity index (χ1n) is 7.97. The highest BCUT2D eigenvalue weighted by Crippen LogP contribution is 2.21. The van der Waals surface area contributed by atoms with Crippen LogP contribution in [0, 0.1) is 0 Å². The van der Waals surface area contributed by atoms with Crippen LogP contribution in [0.15, 0.2) is 23.1 Å². The number of sulfonamides is 1. The average Bonchev–Trinajstić information content (AvgIpc) is 2.58. The van der Waals surface area contributed by atoms with E-state index < -0.39 is 22.6 Å². The SMILES string of the molecule is CNS(=O)(=O)c1ccc(Cl)c(C(=O)OCC(=O)N2C[C@@H](C)O[C@H](C)C2)c1. The third-order valence-corrected chi connectivity index (χ3v) is 5.58. The summed E-state index contributed by atoms with van der Waals surface area (Å²) in [5.74, 6) is -1.22. The number of morpholine rings is 1. The standard InChI is InChI=1S/C16H21ClN2O6S/c1-10-7-19(8-11(2)25-10)15(20)9-24-16(21)13-6-12(4-5-14(13)17)26(22,23)18-3/h4-6,10-11,18H,7-9H2,1-3H3/t10-,11-/m1/s1. The molecule has 8 nitrogen and oxygen atoms in total. The van der Waals surface area contributed by atoms with Crippen molar-refractivity contribution in [3.05, 3.63) is 28.8 Å². The van der Waals surface area contributed by atoms with Gasteiger partial charge in [0.25, 0.3) is 5.91 Å². The van der Waals surface area contributed by atoms with E-state index in [4.69, 9.17) is 21.1 Å². The fourth-order valence-corrected chi connectivity index (χ4v) is 3.57. The summed E-state index contributed by atoms with van der Waals surface area (Å²) in [6.07, 6.45) is -0.201. The van der Waals surface area contributed by atoms with Crippen molar-refractivity contribution in [2.75, 3.05) is 26.7 Å². The molecule has 2 rings (SSSR count). The van der Waals surface area contributed by atoms with Crippen LogP contribution in [-0.4, -0.2) is 64.1 Å². The van der Waals surface area contributed by atoms with Crippen LogP contribution in [0.4, 0.5) is 0 Å². The first-order valence-corrected chi connectivity index (χ1v) is 9.83. The van der Waals surface area contributed by atoms with Gasteiger partial charge in [0.1, 0.15) is 0 Å². The lowest BCUT2D eigenvalue weighted by Gasteiger charge is -2.35. The number of benzene rings is 1. The molecule has 0 unspecified atom stereocenters. The van der Waals surface area contributed by atoms with E-state index in [0.29, 0.717) is 13.1 Å². The smallest absolute Gasteiger partial charge is 0.340 e. The van der Waals surface area contributed by atoms with Gasteiger partial charge in [-0.05, 0) is 39.1 Å². The molecule has 1 amide bonds. The van der Waals surface area contributed by atoms with Crippen molar-refractivity contribution in [2.24, 2.45) is 0 Å². The first-order chi connectivity index (χ1) is 12.1. The van der Waals surface area contributed by atoms with Crippen LogP contribution in [0.2, 0.25) is 5.02 Å². The number of carbonyl (C=O) groups is 2. The van der Waals surface area contributed by atoms with Crippen LogP contribution in [0.25, 0.3) is 0 Å². The van der Waals surface area contributed by atoms with E-state index in [1.165, 1.54) is 19.2 Å². The summed E-state index contributed by atoms with van der Waals surface area (Å²) in [6, 6.07) is 3.67. The van der Waals surface area contributed by atoms with E-state index in [1.807, 2.05) is 13.8 Å². The predicted octanol–water partition coefficient (Wildman–Crippen LogP) is 1.04. The Morgan fingerprint density at radius 1 is 1.31 bits per heavy atom. The number of hydrogen-bond acceptors (Lipinski definition) is 6. The van der Waals surface area contributed by atoms with Gasteiger partial charge in [-0.1, -0.05) is 11.6 Å². The quantitative estimate of drug-likeness (QED) is 0.736. The fourth-order valence-electron chi connectivity index (χ4n) is 2.62. The van der Waals surface area contributed by atoms with Gasteiger partial charge in [-0.15, -0.1) is 0 Å². The van der Waals surface area contributed by atoms with E-state index in [1.54, 1.807) is 4.90 Å². The number of esters is 1. The van der Waals surface area contributed by atoms with Crippen molar-refractivity contribution >= 4 is 33.5 Å². The van der Waals surface area contributed by atoms with Crippen LogP contribution >= 0.6 is 11.6 Å². The number of carbonyl (C=O) groups excluding carboxylic acids is 2. The summed E-state index contributed by atoms with van der Waals surface area (Å²) in [6.45, 7) is 4.08. The molecular formula is C16H21ClN2O6S. The highest BCUT2D eigenvalue weighted by Gasteiger charge is 2.27. The monoisotopic (exact) mass is 404 g/mol. The van der Waals surface area contributed by atoms with E-state index in [2.05, 4.69) is 4.72 Å². The number of hydrogen-bond donors (Lipinski definition) is 1. The molecular weight excluding hydrogens is 384 g/mol. The first kappa shape index (κ1) is 20.6. The molecule has 26 heavy (non-hydrogen) atoms. The highest BCUT2D eigenvalue weighted by atomic mass is 35.5. The van der Waals surface area contributed by atoms with Crippen molar-refractivity contribution in [3.8, 4) is 0 Å². The van der Waals surface area contributed by atoms with Crippen LogP contribution in [-0.2, 0) is 24.3 Å². The van der Waals surface area contributed by atoms with E-state index in [9.17, 15) is 18.0 Å². The molecule has 1 heterocycles. The maximum atomic E-state index is 12.2. The Bertz CT molecular complexity index is 788. The Kier molecular flexibility index (Phi) is 6.62. The molecule has 1 aliphatic rings. The number of rotatable bonds is 5. The lowest BCUT2D eigenvalue weighted by atomic mass is 10.2. The van der Waals surface area contributed by atoms with Gasteiger partial charge in [-0.2, -0.15) is 0 Å². The van der Waals surface area contributed by atoms with Gasteiger partial charge in [0.15, 0.2) is 6.61 Å². The zero-order valence-corrected chi connectivity index (χ0v) is 16.3. The summed E-state index contributed by atoms with van der Waals surface area (Å²) in [7, 11) is -2.48. The molecule has 0 saturated carbocycles. The molecule has 2 atom stereocenters. The Hall–Kier alpha value is -1.68. The maximum Gasteiger partial charge on any atom is 0.340 e. The van der Waals surface area contributed by atoms with Crippen molar-refractivity contribution in [1.82, 2.24) is 9.62 Å². The van der Waals surface area contributed by atoms with Crippen LogP contribution in [0.1, 0.15) is 24.2 Å². The zero-order chi connectivity index (χ0) is 19.5. The summed E-state index contributed by atoms with van der Waals surface area (Å²) < 4.78 is 36.4. The lowest BCUT2D eigenvalue weighted by molar-refractivity contribution is -0.146. The fraction of sp³-hybridized carbons (Fsp3) is 0.500. The normalized spacial score (nSPS) is 20.7. The second-order valence-corrected chi connectivity index (χ2v) is 8.28. The summed E-state index contributed by atoms with van der Waals surface area (Å²) in [5, 5.41) is 0.0334. The highest BCUT2D eigenvalue weighted by molar-refractivity contribution is 7.89. The Labute approximate surface area is 157 Å². The molecule has 0 bridgehead atoms. The zero-order valence-electron chi connectivity index (χ0n) is 14.7. The summed E-state index contributed by atoms with van der Waals surface area (Å²) >= 11 is 5.96. The van der Waals surface area contributed by atoms with E-state index in [-0.39, 0.29) is 33.6 Å². The van der Waals surface area contributed by atoms with Gasteiger partial charge < -0.3 is 14.4 Å². The molecule has 1 fully saturated rings. The van der Waals surface area contributed by atoms with E-state index >= 15 is 0 Å². The van der Waals surface area contributed by atoms with Crippen LogP contribution in [0.3, 0.4) is 0 Å². The molecule has 1 N–H and O–H groups in total. The van der Waals surface area contributed by atoms with Gasteiger partial charge in [0.2, 0.25) is 10.0 Å². The van der Waals surface area contributed by atoms with Gasteiger partial charge in [-0.25, -0.2) is 17.9 Å². The third kappa shape index (κ3) is 4.94. The second-order valence-electron chi connectivity index (χ2n) is 5.98. The van der Waals surface area contributed by atoms with Crippen molar-refractivity contribution in [2.45, 2.75) is 31.0 Å². The largest absolute Gasteiger partial charge is 0.452 e. The topological polar surface area (TPSA) is 102 Å². The molecule has 0 radical (unpaired) electrons. The van der Waals surface area contributed by atoms with Gasteiger partial charge in [-0.3, -0.25) is 4.79 Å². The van der Waals surface area contributed by atoms with Crippen molar-refractivity contribution in [3.63, 3.8) is 0 Å². The molecule has 1 aromatic rings. The molecule has 0 spiro atoms. The minimum absolute atomic E-state index is 0.0334. The Morgan fingerprint density at radius 2 is 1.92 bits per heavy atom. The minimum Gasteiger partial charge on any atom is -0.452 e. The number of halogens is 1.